The Hall–Kier alpha value is -2.09. The van der Waals surface area contributed by atoms with Gasteiger partial charge in [0.25, 0.3) is 10.0 Å². The summed E-state index contributed by atoms with van der Waals surface area (Å²) in [5.74, 6) is 0.621. The van der Waals surface area contributed by atoms with Crippen LogP contribution < -0.4 is 4.72 Å². The Kier molecular flexibility index (Phi) is 4.49. The molecule has 0 atom stereocenters. The van der Waals surface area contributed by atoms with Crippen molar-refractivity contribution in [1.82, 2.24) is 14.5 Å². The van der Waals surface area contributed by atoms with E-state index in [9.17, 15) is 8.42 Å². The standard InChI is InChI=1S/C15H12Cl2N4O2S/c1-10-6-14(13(17)7-12(10)16)24(22,23)20-11-2-3-15(19-8-11)21-5-4-18-9-21/h2-9,20H,1H3. The van der Waals surface area contributed by atoms with Crippen LogP contribution in [0, 0.1) is 6.92 Å². The molecule has 0 aliphatic rings. The Morgan fingerprint density at radius 2 is 1.96 bits per heavy atom. The quantitative estimate of drug-likeness (QED) is 0.746. The monoisotopic (exact) mass is 382 g/mol. The molecule has 0 saturated heterocycles. The smallest absolute Gasteiger partial charge is 0.263 e. The molecule has 0 unspecified atom stereocenters. The van der Waals surface area contributed by atoms with Gasteiger partial charge < -0.3 is 0 Å². The van der Waals surface area contributed by atoms with Gasteiger partial charge in [-0.2, -0.15) is 0 Å². The van der Waals surface area contributed by atoms with Crippen molar-refractivity contribution >= 4 is 38.9 Å². The van der Waals surface area contributed by atoms with Gasteiger partial charge in [0.2, 0.25) is 0 Å². The number of anilines is 1. The van der Waals surface area contributed by atoms with E-state index in [0.717, 1.165) is 0 Å². The van der Waals surface area contributed by atoms with Crippen molar-refractivity contribution in [1.29, 1.82) is 0 Å². The molecule has 1 N–H and O–H groups in total. The molecule has 1 aromatic carbocycles. The summed E-state index contributed by atoms with van der Waals surface area (Å²) in [6.45, 7) is 1.71. The molecule has 0 aliphatic carbocycles. The van der Waals surface area contributed by atoms with E-state index in [1.807, 2.05) is 0 Å². The number of nitrogens with zero attached hydrogens (tertiary/aromatic N) is 3. The molecule has 6 nitrogen and oxygen atoms in total. The summed E-state index contributed by atoms with van der Waals surface area (Å²) in [7, 11) is -3.85. The Morgan fingerprint density at radius 3 is 2.58 bits per heavy atom. The summed E-state index contributed by atoms with van der Waals surface area (Å²) in [6, 6.07) is 6.12. The average molecular weight is 383 g/mol. The van der Waals surface area contributed by atoms with E-state index in [2.05, 4.69) is 14.7 Å². The molecule has 0 radical (unpaired) electrons. The summed E-state index contributed by atoms with van der Waals surface area (Å²) >= 11 is 12.0. The largest absolute Gasteiger partial charge is 0.291 e. The molecule has 24 heavy (non-hydrogen) atoms. The van der Waals surface area contributed by atoms with Crippen LogP contribution >= 0.6 is 23.2 Å². The first-order chi connectivity index (χ1) is 11.4. The van der Waals surface area contributed by atoms with Crippen molar-refractivity contribution in [3.8, 4) is 5.82 Å². The third-order valence-corrected chi connectivity index (χ3v) is 5.52. The Balaban J connectivity index is 1.88. The summed E-state index contributed by atoms with van der Waals surface area (Å²) in [4.78, 5) is 8.09. The van der Waals surface area contributed by atoms with Gasteiger partial charge in [-0.15, -0.1) is 0 Å². The minimum Gasteiger partial charge on any atom is -0.291 e. The number of hydrogen-bond donors (Lipinski definition) is 1. The summed E-state index contributed by atoms with van der Waals surface area (Å²) in [5.41, 5.74) is 0.942. The highest BCUT2D eigenvalue weighted by molar-refractivity contribution is 7.92. The number of sulfonamides is 1. The molecule has 0 amide bonds. The van der Waals surface area contributed by atoms with Crippen LogP contribution in [0.1, 0.15) is 5.56 Å². The highest BCUT2D eigenvalue weighted by atomic mass is 35.5. The van der Waals surface area contributed by atoms with Crippen molar-refractivity contribution in [3.63, 3.8) is 0 Å². The number of nitrogens with one attached hydrogen (secondary N) is 1. The number of aryl methyl sites for hydroxylation is 1. The second kappa shape index (κ2) is 6.43. The van der Waals surface area contributed by atoms with Crippen LogP contribution in [0.4, 0.5) is 5.69 Å². The van der Waals surface area contributed by atoms with E-state index in [4.69, 9.17) is 23.2 Å². The van der Waals surface area contributed by atoms with Gasteiger partial charge in [0.05, 0.1) is 16.9 Å². The lowest BCUT2D eigenvalue weighted by molar-refractivity contribution is 0.601. The number of halogens is 2. The van der Waals surface area contributed by atoms with Gasteiger partial charge in [0, 0.05) is 17.4 Å². The van der Waals surface area contributed by atoms with Crippen molar-refractivity contribution in [2.75, 3.05) is 4.72 Å². The van der Waals surface area contributed by atoms with E-state index in [1.54, 1.807) is 42.3 Å². The number of benzene rings is 1. The maximum Gasteiger partial charge on any atom is 0.263 e. The van der Waals surface area contributed by atoms with Gasteiger partial charge >= 0.3 is 0 Å². The molecule has 2 aromatic heterocycles. The van der Waals surface area contributed by atoms with E-state index in [0.29, 0.717) is 22.1 Å². The van der Waals surface area contributed by atoms with E-state index < -0.39 is 10.0 Å². The Labute approximate surface area is 149 Å². The Morgan fingerprint density at radius 1 is 1.17 bits per heavy atom. The van der Waals surface area contributed by atoms with Gasteiger partial charge in [0.1, 0.15) is 17.0 Å². The number of aromatic nitrogens is 3. The van der Waals surface area contributed by atoms with Crippen LogP contribution in [0.2, 0.25) is 10.0 Å². The summed E-state index contributed by atoms with van der Waals surface area (Å²) in [6.07, 6.45) is 6.39. The highest BCUT2D eigenvalue weighted by Crippen LogP contribution is 2.29. The minimum atomic E-state index is -3.85. The van der Waals surface area contributed by atoms with E-state index >= 15 is 0 Å². The number of imidazole rings is 1. The topological polar surface area (TPSA) is 76.9 Å². The fourth-order valence-electron chi connectivity index (χ4n) is 2.04. The third kappa shape index (κ3) is 3.38. The first-order valence-corrected chi connectivity index (χ1v) is 9.03. The molecular formula is C15H12Cl2N4O2S. The van der Waals surface area contributed by atoms with Crippen LogP contribution in [0.3, 0.4) is 0 Å². The van der Waals surface area contributed by atoms with Crippen LogP contribution in [0.5, 0.6) is 0 Å². The molecule has 9 heteroatoms. The predicted molar refractivity (Wildman–Crippen MR) is 93.4 cm³/mol. The fourth-order valence-corrected chi connectivity index (χ4v) is 3.92. The molecule has 0 bridgehead atoms. The average Bonchev–Trinajstić information content (AvgIpc) is 3.05. The lowest BCUT2D eigenvalue weighted by atomic mass is 10.2. The molecule has 3 aromatic rings. The zero-order valence-corrected chi connectivity index (χ0v) is 14.8. The second-order valence-electron chi connectivity index (χ2n) is 5.01. The molecule has 3 rings (SSSR count). The lowest BCUT2D eigenvalue weighted by Crippen LogP contribution is -2.14. The lowest BCUT2D eigenvalue weighted by Gasteiger charge is -2.11. The maximum atomic E-state index is 12.5. The van der Waals surface area contributed by atoms with E-state index in [1.165, 1.54) is 18.3 Å². The molecule has 0 saturated carbocycles. The van der Waals surface area contributed by atoms with Crippen LogP contribution in [0.15, 0.2) is 54.1 Å². The first kappa shape index (κ1) is 16.8. The first-order valence-electron chi connectivity index (χ1n) is 6.80. The maximum absolute atomic E-state index is 12.5. The number of pyridine rings is 1. The van der Waals surface area contributed by atoms with Gasteiger partial charge in [-0.1, -0.05) is 23.2 Å². The van der Waals surface area contributed by atoms with Crippen molar-refractivity contribution < 1.29 is 8.42 Å². The second-order valence-corrected chi connectivity index (χ2v) is 7.48. The molecule has 2 heterocycles. The van der Waals surface area contributed by atoms with Gasteiger partial charge in [-0.3, -0.25) is 9.29 Å². The fraction of sp³-hybridized carbons (Fsp3) is 0.0667. The molecule has 124 valence electrons. The predicted octanol–water partition coefficient (Wildman–Crippen LogP) is 3.68. The van der Waals surface area contributed by atoms with Crippen molar-refractivity contribution in [2.45, 2.75) is 11.8 Å². The molecule has 0 aliphatic heterocycles. The van der Waals surface area contributed by atoms with Gasteiger partial charge in [-0.25, -0.2) is 18.4 Å². The van der Waals surface area contributed by atoms with Gasteiger partial charge in [-0.05, 0) is 36.8 Å². The SMILES string of the molecule is Cc1cc(S(=O)(=O)Nc2ccc(-n3ccnc3)nc2)c(Cl)cc1Cl. The highest BCUT2D eigenvalue weighted by Gasteiger charge is 2.19. The van der Waals surface area contributed by atoms with Gasteiger partial charge in [0.15, 0.2) is 0 Å². The van der Waals surface area contributed by atoms with Crippen LogP contribution in [-0.2, 0) is 10.0 Å². The van der Waals surface area contributed by atoms with Crippen molar-refractivity contribution in [2.24, 2.45) is 0 Å². The Bertz CT molecular complexity index is 971. The third-order valence-electron chi connectivity index (χ3n) is 3.27. The van der Waals surface area contributed by atoms with Crippen LogP contribution in [-0.4, -0.2) is 23.0 Å². The molecule has 0 spiro atoms. The molecular weight excluding hydrogens is 371 g/mol. The summed E-state index contributed by atoms with van der Waals surface area (Å²) < 4.78 is 29.2. The van der Waals surface area contributed by atoms with Crippen LogP contribution in [0.25, 0.3) is 5.82 Å². The number of rotatable bonds is 4. The zero-order chi connectivity index (χ0) is 17.3. The summed E-state index contributed by atoms with van der Waals surface area (Å²) in [5, 5.41) is 0.464. The normalized spacial score (nSPS) is 11.5. The van der Waals surface area contributed by atoms with E-state index in [-0.39, 0.29) is 9.92 Å². The van der Waals surface area contributed by atoms with Crippen molar-refractivity contribution in [3.05, 3.63) is 64.8 Å². The zero-order valence-electron chi connectivity index (χ0n) is 12.4. The minimum absolute atomic E-state index is 0.0373. The molecule has 0 fully saturated rings. The number of hydrogen-bond acceptors (Lipinski definition) is 4.